The van der Waals surface area contributed by atoms with Crippen LogP contribution in [0, 0.1) is 0 Å². The van der Waals surface area contributed by atoms with Crippen molar-refractivity contribution in [2.45, 2.75) is 31.4 Å². The number of benzene rings is 2. The van der Waals surface area contributed by atoms with Crippen LogP contribution in [0.5, 0.6) is 11.5 Å². The number of carbonyl (C=O) groups excluding carboxylic acids is 1. The van der Waals surface area contributed by atoms with Crippen molar-refractivity contribution in [1.29, 1.82) is 0 Å². The topological polar surface area (TPSA) is 38.8 Å². The van der Waals surface area contributed by atoms with E-state index in [1.807, 2.05) is 30.3 Å². The van der Waals surface area contributed by atoms with Gasteiger partial charge in [0.2, 0.25) is 5.91 Å². The SMILES string of the molecule is COc1ccc(CN(C)C(=O)C2(c3ccccc3)CC2)cc1OC(F)F. The predicted molar refractivity (Wildman–Crippen MR) is 93.5 cm³/mol. The smallest absolute Gasteiger partial charge is 0.387 e. The van der Waals surface area contributed by atoms with E-state index < -0.39 is 12.0 Å². The summed E-state index contributed by atoms with van der Waals surface area (Å²) in [5.41, 5.74) is 1.26. The first-order valence-corrected chi connectivity index (χ1v) is 8.39. The number of amides is 1. The van der Waals surface area contributed by atoms with Crippen LogP contribution in [-0.2, 0) is 16.8 Å². The van der Waals surface area contributed by atoms with Crippen molar-refractivity contribution in [3.8, 4) is 11.5 Å². The maximum atomic E-state index is 13.0. The van der Waals surface area contributed by atoms with Crippen molar-refractivity contribution in [2.75, 3.05) is 14.2 Å². The highest BCUT2D eigenvalue weighted by atomic mass is 19.3. The molecular formula is C20H21F2NO3. The Labute approximate surface area is 151 Å². The summed E-state index contributed by atoms with van der Waals surface area (Å²) in [5.74, 6) is 0.229. The minimum atomic E-state index is -2.94. The maximum Gasteiger partial charge on any atom is 0.387 e. The molecule has 4 nitrogen and oxygen atoms in total. The van der Waals surface area contributed by atoms with Gasteiger partial charge in [-0.25, -0.2) is 0 Å². The first kappa shape index (κ1) is 18.2. The molecule has 3 rings (SSSR count). The molecule has 1 aliphatic carbocycles. The molecule has 0 N–H and O–H groups in total. The Morgan fingerprint density at radius 2 is 1.85 bits per heavy atom. The molecular weight excluding hydrogens is 340 g/mol. The summed E-state index contributed by atoms with van der Waals surface area (Å²) < 4.78 is 34.7. The first-order chi connectivity index (χ1) is 12.5. The molecule has 1 fully saturated rings. The summed E-state index contributed by atoms with van der Waals surface area (Å²) in [6.07, 6.45) is 1.64. The van der Waals surface area contributed by atoms with Gasteiger partial charge in [-0.05, 0) is 36.1 Å². The van der Waals surface area contributed by atoms with Crippen LogP contribution in [0.25, 0.3) is 0 Å². The number of carbonyl (C=O) groups is 1. The molecule has 0 saturated heterocycles. The third-order valence-corrected chi connectivity index (χ3v) is 4.70. The predicted octanol–water partition coefficient (Wildman–Crippen LogP) is 3.99. The number of methoxy groups -OCH3 is 1. The number of alkyl halides is 2. The van der Waals surface area contributed by atoms with E-state index >= 15 is 0 Å². The summed E-state index contributed by atoms with van der Waals surface area (Å²) in [5, 5.41) is 0. The van der Waals surface area contributed by atoms with E-state index in [-0.39, 0.29) is 17.4 Å². The summed E-state index contributed by atoms with van der Waals surface area (Å²) in [4.78, 5) is 14.6. The van der Waals surface area contributed by atoms with Gasteiger partial charge in [-0.3, -0.25) is 4.79 Å². The molecule has 1 aliphatic rings. The van der Waals surface area contributed by atoms with Crippen molar-refractivity contribution in [1.82, 2.24) is 4.90 Å². The van der Waals surface area contributed by atoms with Gasteiger partial charge in [0.25, 0.3) is 0 Å². The Kier molecular flexibility index (Phi) is 5.11. The average Bonchev–Trinajstić information content (AvgIpc) is 3.43. The van der Waals surface area contributed by atoms with Crippen molar-refractivity contribution in [3.05, 3.63) is 59.7 Å². The van der Waals surface area contributed by atoms with Gasteiger partial charge in [-0.2, -0.15) is 8.78 Å². The van der Waals surface area contributed by atoms with Gasteiger partial charge in [0.1, 0.15) is 0 Å². The Morgan fingerprint density at radius 3 is 2.42 bits per heavy atom. The van der Waals surface area contributed by atoms with E-state index in [4.69, 9.17) is 4.74 Å². The van der Waals surface area contributed by atoms with Crippen molar-refractivity contribution >= 4 is 5.91 Å². The second-order valence-corrected chi connectivity index (χ2v) is 6.47. The Morgan fingerprint density at radius 1 is 1.15 bits per heavy atom. The quantitative estimate of drug-likeness (QED) is 0.749. The monoisotopic (exact) mass is 361 g/mol. The van der Waals surface area contributed by atoms with Gasteiger partial charge in [0.15, 0.2) is 11.5 Å². The zero-order valence-electron chi connectivity index (χ0n) is 14.7. The third-order valence-electron chi connectivity index (χ3n) is 4.70. The molecule has 0 spiro atoms. The van der Waals surface area contributed by atoms with Crippen LogP contribution >= 0.6 is 0 Å². The van der Waals surface area contributed by atoms with Gasteiger partial charge < -0.3 is 14.4 Å². The van der Waals surface area contributed by atoms with Crippen LogP contribution in [0.15, 0.2) is 48.5 Å². The molecule has 0 atom stereocenters. The second-order valence-electron chi connectivity index (χ2n) is 6.47. The van der Waals surface area contributed by atoms with E-state index in [9.17, 15) is 13.6 Å². The second kappa shape index (κ2) is 7.32. The lowest BCUT2D eigenvalue weighted by molar-refractivity contribution is -0.133. The molecule has 0 radical (unpaired) electrons. The number of ether oxygens (including phenoxy) is 2. The molecule has 26 heavy (non-hydrogen) atoms. The fourth-order valence-electron chi connectivity index (χ4n) is 3.23. The van der Waals surface area contributed by atoms with Crippen LogP contribution in [-0.4, -0.2) is 31.6 Å². The molecule has 2 aromatic carbocycles. The number of halogens is 2. The lowest BCUT2D eigenvalue weighted by Gasteiger charge is -2.24. The number of hydrogen-bond acceptors (Lipinski definition) is 3. The van der Waals surface area contributed by atoms with Crippen LogP contribution in [0.4, 0.5) is 8.78 Å². The van der Waals surface area contributed by atoms with Gasteiger partial charge in [-0.1, -0.05) is 36.4 Å². The number of hydrogen-bond donors (Lipinski definition) is 0. The normalized spacial score (nSPS) is 14.8. The summed E-state index contributed by atoms with van der Waals surface area (Å²) in [6, 6.07) is 14.5. The molecule has 2 aromatic rings. The Hall–Kier alpha value is -2.63. The molecule has 0 bridgehead atoms. The van der Waals surface area contributed by atoms with Crippen LogP contribution in [0.2, 0.25) is 0 Å². The molecule has 6 heteroatoms. The van der Waals surface area contributed by atoms with Gasteiger partial charge in [0, 0.05) is 13.6 Å². The lowest BCUT2D eigenvalue weighted by Crippen LogP contribution is -2.36. The standard InChI is InChI=1S/C20H21F2NO3/c1-23(18(24)20(10-11-20)15-6-4-3-5-7-15)13-14-8-9-16(25-2)17(12-14)26-19(21)22/h3-9,12,19H,10-11,13H2,1-2H3. The molecule has 0 aromatic heterocycles. The third kappa shape index (κ3) is 3.64. The van der Waals surface area contributed by atoms with Crippen LogP contribution < -0.4 is 9.47 Å². The van der Waals surface area contributed by atoms with Crippen molar-refractivity contribution in [2.24, 2.45) is 0 Å². The molecule has 0 unspecified atom stereocenters. The fraction of sp³-hybridized carbons (Fsp3) is 0.350. The summed E-state index contributed by atoms with van der Waals surface area (Å²) in [7, 11) is 3.11. The average molecular weight is 361 g/mol. The summed E-state index contributed by atoms with van der Waals surface area (Å²) in [6.45, 7) is -2.64. The molecule has 1 saturated carbocycles. The fourth-order valence-corrected chi connectivity index (χ4v) is 3.23. The van der Waals surface area contributed by atoms with Gasteiger partial charge in [0.05, 0.1) is 12.5 Å². The Balaban J connectivity index is 1.75. The van der Waals surface area contributed by atoms with Crippen molar-refractivity contribution < 1.29 is 23.0 Å². The zero-order chi connectivity index (χ0) is 18.7. The zero-order valence-corrected chi connectivity index (χ0v) is 14.7. The van der Waals surface area contributed by atoms with E-state index in [2.05, 4.69) is 4.74 Å². The summed E-state index contributed by atoms with van der Waals surface area (Å²) >= 11 is 0. The molecule has 1 amide bonds. The van der Waals surface area contributed by atoms with Crippen molar-refractivity contribution in [3.63, 3.8) is 0 Å². The molecule has 138 valence electrons. The number of rotatable bonds is 7. The largest absolute Gasteiger partial charge is 0.493 e. The Bertz CT molecular complexity index is 776. The number of likely N-dealkylation sites (N-methyl/N-ethyl adjacent to an activating group) is 1. The first-order valence-electron chi connectivity index (χ1n) is 8.39. The van der Waals surface area contributed by atoms with E-state index in [1.54, 1.807) is 24.1 Å². The van der Waals surface area contributed by atoms with Crippen LogP contribution in [0.1, 0.15) is 24.0 Å². The highest BCUT2D eigenvalue weighted by molar-refractivity contribution is 5.91. The number of nitrogens with zero attached hydrogens (tertiary/aromatic N) is 1. The van der Waals surface area contributed by atoms with Gasteiger partial charge in [-0.15, -0.1) is 0 Å². The maximum absolute atomic E-state index is 13.0. The molecule has 0 heterocycles. The minimum Gasteiger partial charge on any atom is -0.493 e. The minimum absolute atomic E-state index is 0.0370. The van der Waals surface area contributed by atoms with E-state index in [0.717, 1.165) is 18.4 Å². The molecule has 0 aliphatic heterocycles. The van der Waals surface area contributed by atoms with E-state index in [0.29, 0.717) is 12.1 Å². The van der Waals surface area contributed by atoms with E-state index in [1.165, 1.54) is 13.2 Å². The van der Waals surface area contributed by atoms with Gasteiger partial charge >= 0.3 is 6.61 Å². The highest BCUT2D eigenvalue weighted by Gasteiger charge is 2.52. The van der Waals surface area contributed by atoms with Crippen LogP contribution in [0.3, 0.4) is 0 Å². The lowest BCUT2D eigenvalue weighted by atomic mass is 9.94. The highest BCUT2D eigenvalue weighted by Crippen LogP contribution is 2.49.